The molecule has 0 fully saturated rings. The smallest absolute Gasteiger partial charge is 0.246 e. The highest BCUT2D eigenvalue weighted by atomic mass is 16.5. The number of aromatic nitrogens is 1. The van der Waals surface area contributed by atoms with Crippen LogP contribution in [0.5, 0.6) is 11.5 Å². The Kier molecular flexibility index (Phi) is 7.83. The first-order chi connectivity index (χ1) is 15.4. The summed E-state index contributed by atoms with van der Waals surface area (Å²) in [6.07, 6.45) is 4.87. The lowest BCUT2D eigenvalue weighted by Crippen LogP contribution is -2.24. The van der Waals surface area contributed by atoms with Crippen LogP contribution in [-0.2, 0) is 22.7 Å². The van der Waals surface area contributed by atoms with Crippen molar-refractivity contribution in [2.24, 2.45) is 5.92 Å². The number of methoxy groups -OCH3 is 1. The quantitative estimate of drug-likeness (QED) is 0.616. The van der Waals surface area contributed by atoms with Crippen LogP contribution in [0.3, 0.4) is 0 Å². The second-order valence-corrected chi connectivity index (χ2v) is 8.11. The number of fused-ring (bicyclic) bond motifs is 1. The Hall–Kier alpha value is -3.39. The molecular weight excluding hydrogens is 408 g/mol. The van der Waals surface area contributed by atoms with E-state index in [0.717, 1.165) is 16.7 Å². The number of hydrogen-bond donors (Lipinski definition) is 2. The van der Waals surface area contributed by atoms with Crippen molar-refractivity contribution >= 4 is 23.7 Å². The monoisotopic (exact) mass is 438 g/mol. The molecule has 1 aliphatic heterocycles. The van der Waals surface area contributed by atoms with E-state index in [1.54, 1.807) is 31.3 Å². The summed E-state index contributed by atoms with van der Waals surface area (Å²) in [4.78, 5) is 30.3. The Morgan fingerprint density at radius 2 is 2.12 bits per heavy atom. The second-order valence-electron chi connectivity index (χ2n) is 8.11. The van der Waals surface area contributed by atoms with Gasteiger partial charge in [-0.05, 0) is 29.7 Å². The van der Waals surface area contributed by atoms with Crippen molar-refractivity contribution in [1.29, 1.82) is 0 Å². The average Bonchev–Trinajstić information content (AvgIpc) is 2.96. The molecule has 0 saturated carbocycles. The van der Waals surface area contributed by atoms with Crippen LogP contribution in [0.15, 0.2) is 36.5 Å². The van der Waals surface area contributed by atoms with Crippen LogP contribution in [0.4, 0.5) is 5.82 Å². The zero-order chi connectivity index (χ0) is 23.1. The van der Waals surface area contributed by atoms with Gasteiger partial charge in [-0.1, -0.05) is 26.0 Å². The lowest BCUT2D eigenvalue weighted by atomic mass is 10.1. The largest absolute Gasteiger partial charge is 0.493 e. The molecule has 2 aromatic rings. The fourth-order valence-corrected chi connectivity index (χ4v) is 3.24. The lowest BCUT2D eigenvalue weighted by molar-refractivity contribution is -0.125. The summed E-state index contributed by atoms with van der Waals surface area (Å²) in [7, 11) is 3.35. The van der Waals surface area contributed by atoms with Crippen molar-refractivity contribution < 1.29 is 19.1 Å². The van der Waals surface area contributed by atoms with Crippen LogP contribution in [0.1, 0.15) is 30.5 Å². The maximum Gasteiger partial charge on any atom is 0.246 e. The lowest BCUT2D eigenvalue weighted by Gasteiger charge is -2.20. The molecule has 8 heteroatoms. The topological polar surface area (TPSA) is 92.8 Å². The van der Waals surface area contributed by atoms with Crippen LogP contribution >= 0.6 is 0 Å². The van der Waals surface area contributed by atoms with Crippen molar-refractivity contribution in [3.05, 3.63) is 53.2 Å². The Labute approximate surface area is 188 Å². The van der Waals surface area contributed by atoms with Gasteiger partial charge in [-0.15, -0.1) is 0 Å². The minimum atomic E-state index is -0.149. The molecule has 1 aliphatic rings. The van der Waals surface area contributed by atoms with Gasteiger partial charge < -0.3 is 25.0 Å². The number of carbonyl (C=O) groups excluding carboxylic acids is 2. The molecule has 1 aromatic carbocycles. The summed E-state index contributed by atoms with van der Waals surface area (Å²) in [5, 5.41) is 5.81. The molecule has 8 nitrogen and oxygen atoms in total. The van der Waals surface area contributed by atoms with Crippen molar-refractivity contribution in [3.63, 3.8) is 0 Å². The molecule has 0 saturated heterocycles. The highest BCUT2D eigenvalue weighted by Gasteiger charge is 2.16. The van der Waals surface area contributed by atoms with E-state index < -0.39 is 0 Å². The number of anilines is 1. The molecule has 0 radical (unpaired) electrons. The van der Waals surface area contributed by atoms with E-state index in [9.17, 15) is 9.59 Å². The van der Waals surface area contributed by atoms with Gasteiger partial charge in [0.05, 0.1) is 20.3 Å². The number of nitrogens with one attached hydrogen (secondary N) is 2. The summed E-state index contributed by atoms with van der Waals surface area (Å²) in [5.41, 5.74) is 2.54. The summed E-state index contributed by atoms with van der Waals surface area (Å²) in [6, 6.07) is 7.58. The van der Waals surface area contributed by atoms with E-state index >= 15 is 0 Å². The van der Waals surface area contributed by atoms with Gasteiger partial charge in [-0.3, -0.25) is 9.59 Å². The third-order valence-electron chi connectivity index (χ3n) is 4.89. The third kappa shape index (κ3) is 6.07. The van der Waals surface area contributed by atoms with Gasteiger partial charge in [0.1, 0.15) is 5.82 Å². The van der Waals surface area contributed by atoms with Crippen molar-refractivity contribution in [2.45, 2.75) is 26.9 Å². The summed E-state index contributed by atoms with van der Waals surface area (Å²) < 4.78 is 11.4. The standard InChI is InChI=1S/C24H30N4O4/c1-16(2)15-32-23-18(6-5-7-20(23)31-4)14-28(3)22(30)9-8-17-10-19-12-25-13-21(29)27-24(19)26-11-17/h5-11,16,25H,12-15H2,1-4H3,(H,26,27,29)/b9-8+. The predicted octanol–water partition coefficient (Wildman–Crippen LogP) is 2.84. The first kappa shape index (κ1) is 23.3. The number of ether oxygens (including phenoxy) is 2. The molecule has 32 heavy (non-hydrogen) atoms. The maximum atomic E-state index is 12.7. The number of amides is 2. The maximum absolute atomic E-state index is 12.7. The fourth-order valence-electron chi connectivity index (χ4n) is 3.24. The number of carbonyl (C=O) groups is 2. The van der Waals surface area contributed by atoms with E-state index in [4.69, 9.17) is 9.47 Å². The third-order valence-corrected chi connectivity index (χ3v) is 4.89. The fraction of sp³-hybridized carbons (Fsp3) is 0.375. The first-order valence-electron chi connectivity index (χ1n) is 10.6. The van der Waals surface area contributed by atoms with Gasteiger partial charge in [-0.2, -0.15) is 0 Å². The summed E-state index contributed by atoms with van der Waals surface area (Å²) >= 11 is 0. The Morgan fingerprint density at radius 3 is 2.88 bits per heavy atom. The Morgan fingerprint density at radius 1 is 1.31 bits per heavy atom. The van der Waals surface area contributed by atoms with E-state index in [-0.39, 0.29) is 18.4 Å². The normalized spacial score (nSPS) is 13.5. The SMILES string of the molecule is COc1cccc(CN(C)C(=O)/C=C/c2cnc3c(c2)CNCC(=O)N3)c1OCC(C)C. The number of likely N-dealkylation sites (N-methyl/N-ethyl adjacent to an activating group) is 1. The van der Waals surface area contributed by atoms with Gasteiger partial charge in [0, 0.05) is 43.5 Å². The summed E-state index contributed by atoms with van der Waals surface area (Å²) in [6.45, 7) is 5.88. The van der Waals surface area contributed by atoms with Gasteiger partial charge in [-0.25, -0.2) is 4.98 Å². The zero-order valence-electron chi connectivity index (χ0n) is 19.0. The minimum Gasteiger partial charge on any atom is -0.493 e. The van der Waals surface area contributed by atoms with E-state index in [1.807, 2.05) is 24.3 Å². The number of hydrogen-bond acceptors (Lipinski definition) is 6. The first-order valence-corrected chi connectivity index (χ1v) is 10.6. The molecule has 3 rings (SSSR count). The Balaban J connectivity index is 1.70. The zero-order valence-corrected chi connectivity index (χ0v) is 19.0. The average molecular weight is 439 g/mol. The van der Waals surface area contributed by atoms with E-state index in [0.29, 0.717) is 42.9 Å². The molecule has 2 amide bonds. The van der Waals surface area contributed by atoms with E-state index in [2.05, 4.69) is 29.5 Å². The van der Waals surface area contributed by atoms with Crippen LogP contribution < -0.4 is 20.1 Å². The van der Waals surface area contributed by atoms with Crippen LogP contribution in [-0.4, -0.2) is 49.0 Å². The molecule has 0 bridgehead atoms. The number of nitrogens with zero attached hydrogens (tertiary/aromatic N) is 2. The summed E-state index contributed by atoms with van der Waals surface area (Å²) in [5.74, 6) is 1.96. The highest BCUT2D eigenvalue weighted by molar-refractivity contribution is 5.93. The number of benzene rings is 1. The van der Waals surface area contributed by atoms with Gasteiger partial charge >= 0.3 is 0 Å². The van der Waals surface area contributed by atoms with Gasteiger partial charge in [0.15, 0.2) is 11.5 Å². The predicted molar refractivity (Wildman–Crippen MR) is 123 cm³/mol. The molecule has 2 N–H and O–H groups in total. The molecule has 170 valence electrons. The molecule has 0 spiro atoms. The molecule has 0 atom stereocenters. The number of rotatable bonds is 8. The number of pyridine rings is 1. The van der Waals surface area contributed by atoms with Crippen LogP contribution in [0.25, 0.3) is 6.08 Å². The van der Waals surface area contributed by atoms with Crippen LogP contribution in [0.2, 0.25) is 0 Å². The second kappa shape index (κ2) is 10.8. The molecule has 2 heterocycles. The van der Waals surface area contributed by atoms with Crippen molar-refractivity contribution in [3.8, 4) is 11.5 Å². The molecule has 1 aromatic heterocycles. The minimum absolute atomic E-state index is 0.120. The number of para-hydroxylation sites is 1. The Bertz CT molecular complexity index is 1000. The molecule has 0 aliphatic carbocycles. The van der Waals surface area contributed by atoms with Gasteiger partial charge in [0.2, 0.25) is 11.8 Å². The molecular formula is C24H30N4O4. The van der Waals surface area contributed by atoms with Crippen molar-refractivity contribution in [1.82, 2.24) is 15.2 Å². The van der Waals surface area contributed by atoms with E-state index in [1.165, 1.54) is 6.08 Å². The highest BCUT2D eigenvalue weighted by Crippen LogP contribution is 2.32. The van der Waals surface area contributed by atoms with Crippen LogP contribution in [0, 0.1) is 5.92 Å². The van der Waals surface area contributed by atoms with Gasteiger partial charge in [0.25, 0.3) is 0 Å². The molecule has 0 unspecified atom stereocenters. The van der Waals surface area contributed by atoms with Crippen molar-refractivity contribution in [2.75, 3.05) is 32.6 Å².